The third-order valence-corrected chi connectivity index (χ3v) is 4.61. The van der Waals surface area contributed by atoms with Crippen LogP contribution in [0.3, 0.4) is 0 Å². The summed E-state index contributed by atoms with van der Waals surface area (Å²) in [6.45, 7) is -0.219. The minimum Gasteiger partial charge on any atom is -0.392 e. The lowest BCUT2D eigenvalue weighted by Gasteiger charge is -2.10. The van der Waals surface area contributed by atoms with Crippen LogP contribution in [-0.2, 0) is 6.61 Å². The van der Waals surface area contributed by atoms with E-state index in [1.807, 2.05) is 18.2 Å². The first-order chi connectivity index (χ1) is 14.0. The van der Waals surface area contributed by atoms with Gasteiger partial charge in [-0.25, -0.2) is 9.97 Å². The number of para-hydroxylation sites is 2. The molecule has 0 saturated heterocycles. The molecule has 2 heterocycles. The molecule has 0 saturated carbocycles. The summed E-state index contributed by atoms with van der Waals surface area (Å²) < 4.78 is 1.35. The second kappa shape index (κ2) is 7.38. The highest BCUT2D eigenvalue weighted by atomic mass is 35.5. The number of fused-ring (bicyclic) bond motifs is 1. The van der Waals surface area contributed by atoms with Crippen LogP contribution in [0.25, 0.3) is 17.0 Å². The van der Waals surface area contributed by atoms with Crippen LogP contribution in [0.5, 0.6) is 0 Å². The molecule has 0 aliphatic heterocycles. The predicted octanol–water partition coefficient (Wildman–Crippen LogP) is 2.25. The lowest BCUT2D eigenvalue weighted by molar-refractivity contribution is 0.0971. The summed E-state index contributed by atoms with van der Waals surface area (Å²) in [5.74, 6) is -1.22. The number of aromatic nitrogens is 4. The summed E-state index contributed by atoms with van der Waals surface area (Å²) in [5, 5.41) is 12.2. The number of benzene rings is 2. The average molecular weight is 411 g/mol. The number of carbonyl (C=O) groups is 2. The SMILES string of the molecule is NC(=O)c1ncn(-c2nc3ccccc3[nH]2)c1C(=O)Nc1cc(CO)ccc1Cl. The van der Waals surface area contributed by atoms with E-state index in [0.717, 1.165) is 5.52 Å². The van der Waals surface area contributed by atoms with Crippen molar-refractivity contribution in [1.82, 2.24) is 19.5 Å². The number of imidazole rings is 2. The van der Waals surface area contributed by atoms with Crippen molar-refractivity contribution in [3.8, 4) is 5.95 Å². The molecule has 0 fully saturated rings. The maximum absolute atomic E-state index is 13.0. The van der Waals surface area contributed by atoms with Crippen molar-refractivity contribution in [3.05, 3.63) is 70.8 Å². The van der Waals surface area contributed by atoms with Crippen LogP contribution < -0.4 is 11.1 Å². The fraction of sp³-hybridized carbons (Fsp3) is 0.0526. The van der Waals surface area contributed by atoms with Crippen LogP contribution in [0.4, 0.5) is 5.69 Å². The number of primary amides is 1. The van der Waals surface area contributed by atoms with Gasteiger partial charge in [-0.1, -0.05) is 29.8 Å². The van der Waals surface area contributed by atoms with E-state index in [9.17, 15) is 14.7 Å². The Bertz CT molecular complexity index is 1210. The normalized spacial score (nSPS) is 11.0. The molecule has 0 spiro atoms. The summed E-state index contributed by atoms with van der Waals surface area (Å²) in [4.78, 5) is 36.3. The van der Waals surface area contributed by atoms with E-state index in [1.165, 1.54) is 17.0 Å². The van der Waals surface area contributed by atoms with Crippen LogP contribution in [-0.4, -0.2) is 36.4 Å². The van der Waals surface area contributed by atoms with Crippen LogP contribution in [0.15, 0.2) is 48.8 Å². The number of halogens is 1. The van der Waals surface area contributed by atoms with E-state index in [-0.39, 0.29) is 28.7 Å². The van der Waals surface area contributed by atoms with E-state index in [2.05, 4.69) is 20.3 Å². The molecule has 4 rings (SSSR count). The Morgan fingerprint density at radius 1 is 1.24 bits per heavy atom. The number of amides is 2. The minimum atomic E-state index is -0.861. The van der Waals surface area contributed by atoms with Gasteiger partial charge < -0.3 is 21.1 Å². The van der Waals surface area contributed by atoms with E-state index in [1.54, 1.807) is 18.2 Å². The first-order valence-corrected chi connectivity index (χ1v) is 8.88. The highest BCUT2D eigenvalue weighted by Crippen LogP contribution is 2.25. The number of H-pyrrole nitrogens is 1. The Labute approximate surface area is 169 Å². The Morgan fingerprint density at radius 3 is 2.76 bits per heavy atom. The van der Waals surface area contributed by atoms with E-state index < -0.39 is 11.8 Å². The van der Waals surface area contributed by atoms with Crippen LogP contribution >= 0.6 is 11.6 Å². The number of hydrogen-bond donors (Lipinski definition) is 4. The van der Waals surface area contributed by atoms with Gasteiger partial charge >= 0.3 is 0 Å². The minimum absolute atomic E-state index is 0.0953. The molecule has 4 aromatic rings. The van der Waals surface area contributed by atoms with E-state index in [4.69, 9.17) is 17.3 Å². The number of rotatable bonds is 5. The van der Waals surface area contributed by atoms with Crippen molar-refractivity contribution < 1.29 is 14.7 Å². The quantitative estimate of drug-likeness (QED) is 0.399. The molecule has 5 N–H and O–H groups in total. The molecule has 29 heavy (non-hydrogen) atoms. The molecule has 2 amide bonds. The molecule has 146 valence electrons. The van der Waals surface area contributed by atoms with Gasteiger partial charge in [-0.05, 0) is 29.8 Å². The maximum Gasteiger partial charge on any atom is 0.275 e. The molecule has 0 atom stereocenters. The Morgan fingerprint density at radius 2 is 2.03 bits per heavy atom. The molecule has 2 aromatic carbocycles. The lowest BCUT2D eigenvalue weighted by Crippen LogP contribution is -2.23. The Kier molecular flexibility index (Phi) is 4.75. The number of nitrogens with one attached hydrogen (secondary N) is 2. The number of hydrogen-bond acceptors (Lipinski definition) is 5. The standard InChI is InChI=1S/C19H15ClN6O3/c20-11-6-5-10(8-27)7-14(11)23-18(29)16-15(17(21)28)22-9-26(16)19-24-12-3-1-2-4-13(12)25-19/h1-7,9,27H,8H2,(H2,21,28)(H,23,29)(H,24,25). The average Bonchev–Trinajstić information content (AvgIpc) is 3.33. The summed E-state index contributed by atoms with van der Waals surface area (Å²) >= 11 is 6.14. The van der Waals surface area contributed by atoms with Crippen molar-refractivity contribution in [2.45, 2.75) is 6.61 Å². The molecule has 9 nitrogen and oxygen atoms in total. The molecule has 0 aliphatic rings. The van der Waals surface area contributed by atoms with Gasteiger partial charge in [0.25, 0.3) is 11.8 Å². The number of aromatic amines is 1. The summed E-state index contributed by atoms with van der Waals surface area (Å²) in [7, 11) is 0. The molecule has 2 aromatic heterocycles. The van der Waals surface area contributed by atoms with Crippen molar-refractivity contribution in [2.75, 3.05) is 5.32 Å². The van der Waals surface area contributed by atoms with Crippen molar-refractivity contribution in [3.63, 3.8) is 0 Å². The van der Waals surface area contributed by atoms with Gasteiger partial charge in [0.05, 0.1) is 28.4 Å². The first-order valence-electron chi connectivity index (χ1n) is 8.51. The highest BCUT2D eigenvalue weighted by Gasteiger charge is 2.25. The predicted molar refractivity (Wildman–Crippen MR) is 107 cm³/mol. The summed E-state index contributed by atoms with van der Waals surface area (Å²) in [6, 6.07) is 12.0. The van der Waals surface area contributed by atoms with Gasteiger partial charge in [0, 0.05) is 0 Å². The molecule has 0 bridgehead atoms. The molecular formula is C19H15ClN6O3. The van der Waals surface area contributed by atoms with Crippen molar-refractivity contribution in [1.29, 1.82) is 0 Å². The van der Waals surface area contributed by atoms with E-state index >= 15 is 0 Å². The zero-order valence-electron chi connectivity index (χ0n) is 14.9. The van der Waals surface area contributed by atoms with Crippen LogP contribution in [0.2, 0.25) is 5.02 Å². The first kappa shape index (κ1) is 18.7. The lowest BCUT2D eigenvalue weighted by atomic mass is 10.2. The van der Waals surface area contributed by atoms with Gasteiger partial charge in [0.15, 0.2) is 5.69 Å². The highest BCUT2D eigenvalue weighted by molar-refractivity contribution is 6.34. The molecule has 0 aliphatic carbocycles. The number of nitrogens with zero attached hydrogens (tertiary/aromatic N) is 3. The number of nitrogens with two attached hydrogens (primary N) is 1. The van der Waals surface area contributed by atoms with Gasteiger partial charge in [-0.3, -0.25) is 14.2 Å². The van der Waals surface area contributed by atoms with Crippen molar-refractivity contribution >= 4 is 40.1 Å². The zero-order valence-corrected chi connectivity index (χ0v) is 15.6. The number of aliphatic hydroxyl groups excluding tert-OH is 1. The number of aliphatic hydroxyl groups is 1. The fourth-order valence-electron chi connectivity index (χ4n) is 2.91. The molecule has 10 heteroatoms. The Hall–Kier alpha value is -3.69. The fourth-order valence-corrected chi connectivity index (χ4v) is 3.07. The van der Waals surface area contributed by atoms with Gasteiger partial charge in [-0.15, -0.1) is 0 Å². The summed E-state index contributed by atoms with van der Waals surface area (Å²) in [6.07, 6.45) is 1.29. The summed E-state index contributed by atoms with van der Waals surface area (Å²) in [5.41, 5.74) is 7.37. The monoisotopic (exact) mass is 410 g/mol. The third-order valence-electron chi connectivity index (χ3n) is 4.28. The topological polar surface area (TPSA) is 139 Å². The Balaban J connectivity index is 1.79. The second-order valence-electron chi connectivity index (χ2n) is 6.18. The van der Waals surface area contributed by atoms with Gasteiger partial charge in [0.1, 0.15) is 12.0 Å². The van der Waals surface area contributed by atoms with Gasteiger partial charge in [-0.2, -0.15) is 0 Å². The van der Waals surface area contributed by atoms with E-state index in [0.29, 0.717) is 17.0 Å². The van der Waals surface area contributed by atoms with Crippen molar-refractivity contribution in [2.24, 2.45) is 5.73 Å². The second-order valence-corrected chi connectivity index (χ2v) is 6.59. The smallest absolute Gasteiger partial charge is 0.275 e. The van der Waals surface area contributed by atoms with Crippen LogP contribution in [0.1, 0.15) is 26.5 Å². The number of carbonyl (C=O) groups excluding carboxylic acids is 2. The van der Waals surface area contributed by atoms with Crippen LogP contribution in [0, 0.1) is 0 Å². The van der Waals surface area contributed by atoms with Gasteiger partial charge in [0.2, 0.25) is 5.95 Å². The zero-order chi connectivity index (χ0) is 20.5. The molecule has 0 radical (unpaired) electrons. The third kappa shape index (κ3) is 3.44. The largest absolute Gasteiger partial charge is 0.392 e. The maximum atomic E-state index is 13.0. The molecule has 0 unspecified atom stereocenters. The number of anilines is 1. The molecular weight excluding hydrogens is 396 g/mol.